The van der Waals surface area contributed by atoms with E-state index in [9.17, 15) is 10.1 Å². The minimum Gasteiger partial charge on any atom is -0.473 e. The van der Waals surface area contributed by atoms with Crippen molar-refractivity contribution in [2.24, 2.45) is 0 Å². The molecule has 0 fully saturated rings. The summed E-state index contributed by atoms with van der Waals surface area (Å²) in [5.41, 5.74) is 0. The van der Waals surface area contributed by atoms with E-state index in [2.05, 4.69) is 4.42 Å². The van der Waals surface area contributed by atoms with E-state index in [0.29, 0.717) is 0 Å². The van der Waals surface area contributed by atoms with Crippen LogP contribution in [0.5, 0.6) is 0 Å². The molecule has 2 rings (SSSR count). The van der Waals surface area contributed by atoms with E-state index in [-0.39, 0.29) is 5.00 Å². The molecule has 0 N–H and O–H groups in total. The molecule has 0 aliphatic heterocycles. The van der Waals surface area contributed by atoms with E-state index in [1.54, 1.807) is 24.0 Å². The van der Waals surface area contributed by atoms with Crippen LogP contribution in [-0.2, 0) is 0 Å². The van der Waals surface area contributed by atoms with Crippen LogP contribution in [0.1, 0.15) is 0 Å². The number of hydrogen-bond acceptors (Lipinski definition) is 4. The summed E-state index contributed by atoms with van der Waals surface area (Å²) in [6.07, 6.45) is 3.25. The lowest BCUT2D eigenvalue weighted by atomic mass is 10.6. The third kappa shape index (κ3) is 3.53. The smallest absolute Gasteiger partial charge is 0.324 e. The largest absolute Gasteiger partial charge is 0.473 e. The summed E-state index contributed by atoms with van der Waals surface area (Å²) in [6.45, 7) is 0. The monoisotopic (exact) mass is 197 g/mol. The first-order chi connectivity index (χ1) is 6.30. The molecule has 2 heterocycles. The van der Waals surface area contributed by atoms with E-state index in [1.165, 1.54) is 6.07 Å². The maximum atomic E-state index is 9.88. The van der Waals surface area contributed by atoms with Gasteiger partial charge in [-0.15, -0.1) is 0 Å². The minimum atomic E-state index is -0.398. The second-order valence-electron chi connectivity index (χ2n) is 2.00. The summed E-state index contributed by atoms with van der Waals surface area (Å²) >= 11 is 1.13. The highest BCUT2D eigenvalue weighted by Gasteiger charge is 2.01. The molecule has 0 unspecified atom stereocenters. The summed E-state index contributed by atoms with van der Waals surface area (Å²) in [7, 11) is 0. The average Bonchev–Trinajstić information content (AvgIpc) is 2.82. The topological polar surface area (TPSA) is 56.3 Å². The first-order valence-electron chi connectivity index (χ1n) is 3.46. The molecule has 0 atom stereocenters. The van der Waals surface area contributed by atoms with Crippen molar-refractivity contribution < 1.29 is 9.34 Å². The predicted molar refractivity (Wildman–Crippen MR) is 49.7 cm³/mol. The molecule has 0 saturated carbocycles. The Kier molecular flexibility index (Phi) is 3.72. The summed E-state index contributed by atoms with van der Waals surface area (Å²) in [4.78, 5) is 9.48. The van der Waals surface area contributed by atoms with E-state index >= 15 is 0 Å². The summed E-state index contributed by atoms with van der Waals surface area (Å²) in [6, 6.07) is 6.80. The van der Waals surface area contributed by atoms with Gasteiger partial charge >= 0.3 is 5.00 Å². The molecule has 0 aliphatic carbocycles. The van der Waals surface area contributed by atoms with Gasteiger partial charge in [0.05, 0.1) is 17.4 Å². The van der Waals surface area contributed by atoms with Crippen LogP contribution < -0.4 is 0 Å². The normalized spacial score (nSPS) is 8.62. The highest BCUT2D eigenvalue weighted by molar-refractivity contribution is 7.13. The molecule has 68 valence electrons. The Morgan fingerprint density at radius 2 is 2.00 bits per heavy atom. The van der Waals surface area contributed by atoms with Crippen LogP contribution >= 0.6 is 11.3 Å². The molecule has 0 bridgehead atoms. The zero-order chi connectivity index (χ0) is 9.52. The summed E-state index contributed by atoms with van der Waals surface area (Å²) in [5.74, 6) is 0. The number of nitrogens with zero attached hydrogens (tertiary/aromatic N) is 1. The fourth-order valence-corrected chi connectivity index (χ4v) is 1.14. The van der Waals surface area contributed by atoms with E-state index < -0.39 is 4.92 Å². The van der Waals surface area contributed by atoms with Crippen LogP contribution in [0.3, 0.4) is 0 Å². The number of hydrogen-bond donors (Lipinski definition) is 0. The average molecular weight is 197 g/mol. The first-order valence-corrected chi connectivity index (χ1v) is 4.33. The van der Waals surface area contributed by atoms with Gasteiger partial charge in [0, 0.05) is 6.07 Å². The number of furan rings is 1. The van der Waals surface area contributed by atoms with Crippen molar-refractivity contribution >= 4 is 16.3 Å². The zero-order valence-corrected chi connectivity index (χ0v) is 7.44. The van der Waals surface area contributed by atoms with Crippen molar-refractivity contribution in [2.45, 2.75) is 0 Å². The van der Waals surface area contributed by atoms with Crippen LogP contribution in [-0.4, -0.2) is 4.92 Å². The van der Waals surface area contributed by atoms with Gasteiger partial charge in [-0.25, -0.2) is 0 Å². The van der Waals surface area contributed by atoms with Gasteiger partial charge in [0.15, 0.2) is 0 Å². The third-order valence-corrected chi connectivity index (χ3v) is 1.93. The Morgan fingerprint density at radius 3 is 2.23 bits per heavy atom. The van der Waals surface area contributed by atoms with Gasteiger partial charge in [-0.3, -0.25) is 10.1 Å². The molecule has 0 saturated heterocycles. The first kappa shape index (κ1) is 9.47. The molecule has 13 heavy (non-hydrogen) atoms. The standard InChI is InChI=1S/C4H3NO2S.C4H4O/c6-5(7)4-2-1-3-8-4;1-2-4-5-3-1/h1-3H;1-4H. The minimum absolute atomic E-state index is 0.199. The van der Waals surface area contributed by atoms with Crippen molar-refractivity contribution in [3.8, 4) is 0 Å². The van der Waals surface area contributed by atoms with Crippen LogP contribution in [0.2, 0.25) is 0 Å². The van der Waals surface area contributed by atoms with Crippen LogP contribution in [0, 0.1) is 10.1 Å². The Balaban J connectivity index is 0.000000145. The Bertz CT molecular complexity index is 311. The molecule has 0 amide bonds. The van der Waals surface area contributed by atoms with E-state index in [0.717, 1.165) is 11.3 Å². The van der Waals surface area contributed by atoms with Crippen LogP contribution in [0.15, 0.2) is 46.6 Å². The molecule has 0 aromatic carbocycles. The van der Waals surface area contributed by atoms with Crippen LogP contribution in [0.25, 0.3) is 0 Å². The molecular formula is C8H7NO3S. The Hall–Kier alpha value is -1.62. The highest BCUT2D eigenvalue weighted by Crippen LogP contribution is 2.16. The molecule has 2 aromatic rings. The molecule has 5 heteroatoms. The van der Waals surface area contributed by atoms with E-state index in [4.69, 9.17) is 0 Å². The third-order valence-electron chi connectivity index (χ3n) is 1.11. The number of thiophene rings is 1. The second kappa shape index (κ2) is 5.10. The van der Waals surface area contributed by atoms with Crippen molar-refractivity contribution in [3.05, 3.63) is 52.3 Å². The Labute approximate surface area is 78.6 Å². The number of rotatable bonds is 1. The zero-order valence-electron chi connectivity index (χ0n) is 6.62. The van der Waals surface area contributed by atoms with Gasteiger partial charge in [-0.05, 0) is 23.6 Å². The lowest BCUT2D eigenvalue weighted by molar-refractivity contribution is -0.380. The van der Waals surface area contributed by atoms with Gasteiger partial charge in [0.25, 0.3) is 0 Å². The maximum Gasteiger partial charge on any atom is 0.324 e. The lowest BCUT2D eigenvalue weighted by Gasteiger charge is -1.76. The molecule has 0 radical (unpaired) electrons. The SMILES string of the molecule is O=[N+]([O-])c1cccs1.c1ccoc1. The van der Waals surface area contributed by atoms with Gasteiger partial charge in [-0.1, -0.05) is 11.3 Å². The quantitative estimate of drug-likeness (QED) is 0.521. The summed E-state index contributed by atoms with van der Waals surface area (Å²) in [5, 5.41) is 11.8. The second-order valence-corrected chi connectivity index (χ2v) is 2.93. The summed E-state index contributed by atoms with van der Waals surface area (Å²) < 4.78 is 4.58. The van der Waals surface area contributed by atoms with E-state index in [1.807, 2.05) is 12.1 Å². The fraction of sp³-hybridized carbons (Fsp3) is 0. The molecule has 0 aliphatic rings. The molecule has 4 nitrogen and oxygen atoms in total. The highest BCUT2D eigenvalue weighted by atomic mass is 32.1. The molecule has 2 aromatic heterocycles. The maximum absolute atomic E-state index is 9.88. The van der Waals surface area contributed by atoms with Gasteiger partial charge < -0.3 is 4.42 Å². The van der Waals surface area contributed by atoms with Crippen LogP contribution in [0.4, 0.5) is 5.00 Å². The fourth-order valence-electron chi connectivity index (χ4n) is 0.601. The van der Waals surface area contributed by atoms with Crippen molar-refractivity contribution in [1.29, 1.82) is 0 Å². The molecule has 0 spiro atoms. The van der Waals surface area contributed by atoms with Crippen molar-refractivity contribution in [3.63, 3.8) is 0 Å². The lowest BCUT2D eigenvalue weighted by Crippen LogP contribution is -1.80. The van der Waals surface area contributed by atoms with Gasteiger partial charge in [0.1, 0.15) is 0 Å². The van der Waals surface area contributed by atoms with Gasteiger partial charge in [-0.2, -0.15) is 0 Å². The number of nitro groups is 1. The van der Waals surface area contributed by atoms with Crippen molar-refractivity contribution in [2.75, 3.05) is 0 Å². The van der Waals surface area contributed by atoms with Gasteiger partial charge in [0.2, 0.25) is 0 Å². The Morgan fingerprint density at radius 1 is 1.31 bits per heavy atom. The van der Waals surface area contributed by atoms with Crippen molar-refractivity contribution in [1.82, 2.24) is 0 Å². The molecular weight excluding hydrogens is 190 g/mol. The predicted octanol–water partition coefficient (Wildman–Crippen LogP) is 2.94.